The summed E-state index contributed by atoms with van der Waals surface area (Å²) in [5, 5.41) is 6.69. The van der Waals surface area contributed by atoms with Crippen molar-refractivity contribution in [3.8, 4) is 0 Å². The molecule has 1 aromatic rings. The first-order valence-electron chi connectivity index (χ1n) is 13.0. The zero-order valence-electron chi connectivity index (χ0n) is 21.6. The fourth-order valence-electron chi connectivity index (χ4n) is 6.73. The van der Waals surface area contributed by atoms with E-state index in [1.165, 1.54) is 0 Å². The van der Waals surface area contributed by atoms with Crippen LogP contribution >= 0.6 is 11.6 Å². The number of hydrogen-bond donors (Lipinski definition) is 2. The van der Waals surface area contributed by atoms with Crippen molar-refractivity contribution in [2.24, 2.45) is 23.7 Å². The zero-order chi connectivity index (χ0) is 26.0. The van der Waals surface area contributed by atoms with E-state index in [9.17, 15) is 14.4 Å². The van der Waals surface area contributed by atoms with Crippen LogP contribution in [0.1, 0.15) is 53.9 Å². The third-order valence-corrected chi connectivity index (χ3v) is 8.91. The number of nitrogens with one attached hydrogen (secondary N) is 2. The molecule has 0 aromatic heterocycles. The monoisotopic (exact) mass is 513 g/mol. The summed E-state index contributed by atoms with van der Waals surface area (Å²) in [6.45, 7) is 10.2. The number of benzene rings is 1. The number of rotatable bonds is 4. The number of fused-ring (bicyclic) bond motifs is 1. The van der Waals surface area contributed by atoms with Gasteiger partial charge in [0.05, 0.1) is 17.9 Å². The number of hydrogen-bond acceptors (Lipinski definition) is 4. The Kier molecular flexibility index (Phi) is 6.23. The second-order valence-corrected chi connectivity index (χ2v) is 12.4. The summed E-state index contributed by atoms with van der Waals surface area (Å²) < 4.78 is 6.42. The van der Waals surface area contributed by atoms with E-state index in [0.717, 1.165) is 19.3 Å². The molecule has 4 aliphatic rings. The van der Waals surface area contributed by atoms with Crippen molar-refractivity contribution in [1.82, 2.24) is 10.2 Å². The molecule has 36 heavy (non-hydrogen) atoms. The SMILES string of the molecule is C[C@H]1[C@H](C)CCC[C@@H]1NC(=O)[C@@H]1N(C(C)(C)C)C(=O)[C@H]2[C@@H](C(=O)Nc3cccc(Cl)c3)[C@H]3C=C[C@@]12O3. The second-order valence-electron chi connectivity index (χ2n) is 12.0. The Morgan fingerprint density at radius 3 is 2.61 bits per heavy atom. The summed E-state index contributed by atoms with van der Waals surface area (Å²) in [7, 11) is 0. The highest BCUT2D eigenvalue weighted by Crippen LogP contribution is 2.56. The molecule has 8 atom stereocenters. The quantitative estimate of drug-likeness (QED) is 0.591. The average molecular weight is 514 g/mol. The lowest BCUT2D eigenvalue weighted by atomic mass is 9.73. The van der Waals surface area contributed by atoms with Gasteiger partial charge in [0.15, 0.2) is 0 Å². The van der Waals surface area contributed by atoms with Gasteiger partial charge in [0.1, 0.15) is 11.6 Å². The van der Waals surface area contributed by atoms with Crippen LogP contribution < -0.4 is 10.6 Å². The topological polar surface area (TPSA) is 87.7 Å². The summed E-state index contributed by atoms with van der Waals surface area (Å²) in [4.78, 5) is 43.1. The van der Waals surface area contributed by atoms with E-state index in [0.29, 0.717) is 22.5 Å². The number of ether oxygens (including phenoxy) is 1. The molecule has 8 heteroatoms. The van der Waals surface area contributed by atoms with Crippen molar-refractivity contribution in [2.75, 3.05) is 5.32 Å². The van der Waals surface area contributed by atoms with E-state index in [-0.39, 0.29) is 23.8 Å². The van der Waals surface area contributed by atoms with Gasteiger partial charge in [0, 0.05) is 22.3 Å². The first-order chi connectivity index (χ1) is 16.9. The summed E-state index contributed by atoms with van der Waals surface area (Å²) in [5.41, 5.74) is -1.24. The Morgan fingerprint density at radius 1 is 1.17 bits per heavy atom. The second kappa shape index (κ2) is 8.88. The molecule has 0 unspecified atom stereocenters. The van der Waals surface area contributed by atoms with Gasteiger partial charge in [-0.3, -0.25) is 14.4 Å². The lowest BCUT2D eigenvalue weighted by molar-refractivity contribution is -0.147. The molecule has 2 N–H and O–H groups in total. The van der Waals surface area contributed by atoms with Crippen molar-refractivity contribution < 1.29 is 19.1 Å². The van der Waals surface area contributed by atoms with Crippen LogP contribution in [0.25, 0.3) is 0 Å². The highest BCUT2D eigenvalue weighted by Gasteiger charge is 2.74. The van der Waals surface area contributed by atoms with E-state index in [2.05, 4.69) is 24.5 Å². The Hall–Kier alpha value is -2.38. The molecule has 1 saturated carbocycles. The normalized spacial score (nSPS) is 37.2. The third-order valence-electron chi connectivity index (χ3n) is 8.68. The van der Waals surface area contributed by atoms with Crippen LogP contribution in [0.15, 0.2) is 36.4 Å². The third kappa shape index (κ3) is 3.95. The van der Waals surface area contributed by atoms with Crippen LogP contribution in [0.4, 0.5) is 5.69 Å². The number of nitrogens with zero attached hydrogens (tertiary/aromatic N) is 1. The lowest BCUT2D eigenvalue weighted by Gasteiger charge is -2.41. The largest absolute Gasteiger partial charge is 0.359 e. The highest BCUT2D eigenvalue weighted by molar-refractivity contribution is 6.30. The standard InChI is InChI=1S/C28H36ClN3O4/c1-15-8-6-11-19(16(15)2)31-25(34)23-28-13-12-20(36-28)21(22(28)26(35)32(23)27(3,4)5)24(33)30-18-10-7-9-17(29)14-18/h7,9-10,12-16,19-23H,6,8,11H2,1-5H3,(H,30,33)(H,31,34)/t15-,16+,19+,20-,21+,22-,23+,28+/m1/s1. The van der Waals surface area contributed by atoms with Gasteiger partial charge in [-0.1, -0.05) is 56.5 Å². The number of anilines is 1. The summed E-state index contributed by atoms with van der Waals surface area (Å²) >= 11 is 6.09. The zero-order valence-corrected chi connectivity index (χ0v) is 22.3. The van der Waals surface area contributed by atoms with Crippen molar-refractivity contribution in [3.63, 3.8) is 0 Å². The summed E-state index contributed by atoms with van der Waals surface area (Å²) in [6.07, 6.45) is 6.28. The molecule has 2 saturated heterocycles. The molecule has 194 valence electrons. The maximum Gasteiger partial charge on any atom is 0.246 e. The minimum Gasteiger partial charge on any atom is -0.359 e. The molecule has 5 rings (SSSR count). The number of likely N-dealkylation sites (tertiary alicyclic amines) is 1. The van der Waals surface area contributed by atoms with Gasteiger partial charge in [-0.15, -0.1) is 0 Å². The van der Waals surface area contributed by atoms with Gasteiger partial charge in [-0.25, -0.2) is 0 Å². The van der Waals surface area contributed by atoms with E-state index >= 15 is 0 Å². The fourth-order valence-corrected chi connectivity index (χ4v) is 6.92. The molecule has 1 aromatic carbocycles. The first-order valence-corrected chi connectivity index (χ1v) is 13.4. The predicted octanol–water partition coefficient (Wildman–Crippen LogP) is 4.17. The smallest absolute Gasteiger partial charge is 0.246 e. The van der Waals surface area contributed by atoms with Crippen LogP contribution in [-0.2, 0) is 19.1 Å². The highest BCUT2D eigenvalue weighted by atomic mass is 35.5. The minimum absolute atomic E-state index is 0.0538. The van der Waals surface area contributed by atoms with E-state index in [4.69, 9.17) is 16.3 Å². The molecular weight excluding hydrogens is 478 g/mol. The Bertz CT molecular complexity index is 1110. The predicted molar refractivity (Wildman–Crippen MR) is 138 cm³/mol. The molecule has 3 heterocycles. The molecule has 3 amide bonds. The number of carbonyl (C=O) groups is 3. The van der Waals surface area contributed by atoms with E-state index < -0.39 is 35.1 Å². The molecule has 3 fully saturated rings. The lowest BCUT2D eigenvalue weighted by Crippen LogP contribution is -2.61. The van der Waals surface area contributed by atoms with Gasteiger partial charge in [0.2, 0.25) is 17.7 Å². The maximum absolute atomic E-state index is 14.0. The number of amides is 3. The van der Waals surface area contributed by atoms with Crippen LogP contribution in [0.2, 0.25) is 5.02 Å². The molecule has 1 spiro atoms. The van der Waals surface area contributed by atoms with Gasteiger partial charge in [-0.2, -0.15) is 0 Å². The van der Waals surface area contributed by atoms with Crippen molar-refractivity contribution in [3.05, 3.63) is 41.4 Å². The van der Waals surface area contributed by atoms with Gasteiger partial charge in [0.25, 0.3) is 0 Å². The Labute approximate surface area is 218 Å². The fraction of sp³-hybridized carbons (Fsp3) is 0.607. The number of halogens is 1. The van der Waals surface area contributed by atoms with E-state index in [1.807, 2.05) is 32.9 Å². The Morgan fingerprint density at radius 2 is 1.92 bits per heavy atom. The molecule has 7 nitrogen and oxygen atoms in total. The van der Waals surface area contributed by atoms with Gasteiger partial charge >= 0.3 is 0 Å². The number of carbonyl (C=O) groups excluding carboxylic acids is 3. The molecule has 3 aliphatic heterocycles. The molecule has 2 bridgehead atoms. The molecular formula is C28H36ClN3O4. The molecule has 1 aliphatic carbocycles. The van der Waals surface area contributed by atoms with Gasteiger partial charge in [-0.05, 0) is 57.2 Å². The first kappa shape index (κ1) is 25.3. The maximum atomic E-state index is 14.0. The van der Waals surface area contributed by atoms with Crippen LogP contribution in [0.5, 0.6) is 0 Å². The van der Waals surface area contributed by atoms with Crippen LogP contribution in [0.3, 0.4) is 0 Å². The van der Waals surface area contributed by atoms with Gasteiger partial charge < -0.3 is 20.3 Å². The Balaban J connectivity index is 1.46. The summed E-state index contributed by atoms with van der Waals surface area (Å²) in [6, 6.07) is 6.12. The van der Waals surface area contributed by atoms with Crippen LogP contribution in [-0.4, -0.2) is 51.9 Å². The van der Waals surface area contributed by atoms with Crippen LogP contribution in [0, 0.1) is 23.7 Å². The van der Waals surface area contributed by atoms with Crippen molar-refractivity contribution in [2.45, 2.75) is 83.2 Å². The summed E-state index contributed by atoms with van der Waals surface area (Å²) in [5.74, 6) is -1.36. The molecule has 0 radical (unpaired) electrons. The van der Waals surface area contributed by atoms with E-state index in [1.54, 1.807) is 29.2 Å². The average Bonchev–Trinajstić information content (AvgIpc) is 3.44. The van der Waals surface area contributed by atoms with Crippen molar-refractivity contribution >= 4 is 35.0 Å². The van der Waals surface area contributed by atoms with Crippen molar-refractivity contribution in [1.29, 1.82) is 0 Å². The minimum atomic E-state index is -1.17.